The van der Waals surface area contributed by atoms with Gasteiger partial charge in [-0.25, -0.2) is 24.0 Å². The fraction of sp³-hybridized carbons (Fsp3) is 0.458. The summed E-state index contributed by atoms with van der Waals surface area (Å²) < 4.78 is 32.0. The van der Waals surface area contributed by atoms with E-state index >= 15 is 0 Å². The van der Waals surface area contributed by atoms with Crippen LogP contribution in [-0.2, 0) is 19.0 Å². The van der Waals surface area contributed by atoms with Gasteiger partial charge in [-0.1, -0.05) is 6.92 Å². The van der Waals surface area contributed by atoms with Crippen LogP contribution in [0.15, 0.2) is 36.5 Å². The van der Waals surface area contributed by atoms with Crippen LogP contribution in [0.5, 0.6) is 0 Å². The maximum Gasteiger partial charge on any atom is 0.230 e. The first-order valence-corrected chi connectivity index (χ1v) is 11.7. The highest BCUT2D eigenvalue weighted by Crippen LogP contribution is 2.32. The number of benzene rings is 1. The molecule has 0 spiro atoms. The summed E-state index contributed by atoms with van der Waals surface area (Å²) in [6.45, 7) is 5.70. The van der Waals surface area contributed by atoms with Gasteiger partial charge in [0.05, 0.1) is 30.9 Å². The molecule has 1 amide bonds. The summed E-state index contributed by atoms with van der Waals surface area (Å²) in [6.07, 6.45) is 1.57. The predicted octanol–water partition coefficient (Wildman–Crippen LogP) is 2.50. The monoisotopic (exact) mass is 499 g/mol. The molecular weight excluding hydrogens is 469 g/mol. The summed E-state index contributed by atoms with van der Waals surface area (Å²) in [4.78, 5) is 26.0. The minimum Gasteiger partial charge on any atom is -0.383 e. The number of carbonyl (C=O) groups is 1. The molecule has 4 rings (SSSR count). The molecule has 1 saturated heterocycles. The molecule has 3 aromatic rings. The Kier molecular flexibility index (Phi) is 8.18. The summed E-state index contributed by atoms with van der Waals surface area (Å²) in [5, 5.41) is 10.6. The number of nitrogens with zero attached hydrogens (tertiary/aromatic N) is 5. The van der Waals surface area contributed by atoms with Gasteiger partial charge in [-0.15, -0.1) is 5.10 Å². The molecule has 12 heteroatoms. The molecule has 0 aliphatic carbocycles. The van der Waals surface area contributed by atoms with Gasteiger partial charge in [-0.3, -0.25) is 4.79 Å². The van der Waals surface area contributed by atoms with Crippen LogP contribution in [0.4, 0.5) is 10.3 Å². The molecule has 192 valence electrons. The molecule has 11 nitrogen and oxygen atoms in total. The largest absolute Gasteiger partial charge is 0.383 e. The van der Waals surface area contributed by atoms with Crippen LogP contribution in [-0.4, -0.2) is 70.7 Å². The quantitative estimate of drug-likeness (QED) is 0.405. The standard InChI is InChI=1S/C24H30FN7O4/c1-4-10-26-22(33)24(2)14-35-21(36-15-24)19-30-20(32(31-19)17-7-5-16(25)6-8-17)18-9-11-27-23(29-18)28-12-13-34-3/h5-9,11,21H,4,10,12-15H2,1-3H3,(H,26,33)(H,27,28,29). The molecule has 0 atom stereocenters. The van der Waals surface area contributed by atoms with E-state index in [0.29, 0.717) is 42.9 Å². The van der Waals surface area contributed by atoms with Crippen LogP contribution in [0.2, 0.25) is 0 Å². The van der Waals surface area contributed by atoms with E-state index in [2.05, 4.69) is 30.7 Å². The highest BCUT2D eigenvalue weighted by molar-refractivity contribution is 5.82. The molecule has 2 aromatic heterocycles. The second-order valence-electron chi connectivity index (χ2n) is 8.64. The van der Waals surface area contributed by atoms with Crippen LogP contribution in [0.3, 0.4) is 0 Å². The van der Waals surface area contributed by atoms with Crippen LogP contribution in [0.1, 0.15) is 32.4 Å². The van der Waals surface area contributed by atoms with E-state index in [1.165, 1.54) is 12.1 Å². The molecule has 0 bridgehead atoms. The second-order valence-corrected chi connectivity index (χ2v) is 8.64. The van der Waals surface area contributed by atoms with Gasteiger partial charge in [0.1, 0.15) is 11.5 Å². The molecule has 0 saturated carbocycles. The Balaban J connectivity index is 1.61. The van der Waals surface area contributed by atoms with Crippen molar-refractivity contribution in [2.45, 2.75) is 26.6 Å². The number of amides is 1. The van der Waals surface area contributed by atoms with E-state index in [-0.39, 0.29) is 30.8 Å². The number of nitrogens with one attached hydrogen (secondary N) is 2. The normalized spacial score (nSPS) is 19.7. The van der Waals surface area contributed by atoms with Crippen molar-refractivity contribution >= 4 is 11.9 Å². The number of hydrogen-bond acceptors (Lipinski definition) is 9. The van der Waals surface area contributed by atoms with Crippen molar-refractivity contribution in [1.29, 1.82) is 0 Å². The van der Waals surface area contributed by atoms with E-state index < -0.39 is 11.7 Å². The van der Waals surface area contributed by atoms with Gasteiger partial charge < -0.3 is 24.8 Å². The first kappa shape index (κ1) is 25.6. The van der Waals surface area contributed by atoms with Crippen LogP contribution < -0.4 is 10.6 Å². The highest BCUT2D eigenvalue weighted by Gasteiger charge is 2.41. The Morgan fingerprint density at radius 3 is 2.64 bits per heavy atom. The minimum atomic E-state index is -0.876. The summed E-state index contributed by atoms with van der Waals surface area (Å²) >= 11 is 0. The maximum absolute atomic E-state index is 13.6. The van der Waals surface area contributed by atoms with Gasteiger partial charge in [0.25, 0.3) is 0 Å². The van der Waals surface area contributed by atoms with E-state index in [0.717, 1.165) is 6.42 Å². The van der Waals surface area contributed by atoms with Crippen molar-refractivity contribution in [2.75, 3.05) is 45.3 Å². The lowest BCUT2D eigenvalue weighted by Crippen LogP contribution is -2.48. The zero-order valence-electron chi connectivity index (χ0n) is 20.5. The Morgan fingerprint density at radius 2 is 1.94 bits per heavy atom. The number of aromatic nitrogens is 5. The number of halogens is 1. The Morgan fingerprint density at radius 1 is 1.19 bits per heavy atom. The first-order chi connectivity index (χ1) is 17.4. The van der Waals surface area contributed by atoms with Crippen molar-refractivity contribution in [3.05, 3.63) is 48.2 Å². The van der Waals surface area contributed by atoms with Gasteiger partial charge in [-0.2, -0.15) is 0 Å². The van der Waals surface area contributed by atoms with Gasteiger partial charge >= 0.3 is 0 Å². The molecule has 1 fully saturated rings. The molecular formula is C24H30FN7O4. The smallest absolute Gasteiger partial charge is 0.230 e. The molecule has 2 N–H and O–H groups in total. The number of hydrogen-bond donors (Lipinski definition) is 2. The van der Waals surface area contributed by atoms with Crippen LogP contribution in [0.25, 0.3) is 17.2 Å². The van der Waals surface area contributed by atoms with Crippen molar-refractivity contribution in [1.82, 2.24) is 30.0 Å². The van der Waals surface area contributed by atoms with Gasteiger partial charge in [0.15, 0.2) is 5.82 Å². The predicted molar refractivity (Wildman–Crippen MR) is 129 cm³/mol. The summed E-state index contributed by atoms with van der Waals surface area (Å²) in [5.41, 5.74) is 0.258. The zero-order chi connectivity index (χ0) is 25.5. The second kappa shape index (κ2) is 11.5. The molecule has 3 heterocycles. The van der Waals surface area contributed by atoms with E-state index in [1.807, 2.05) is 6.92 Å². The van der Waals surface area contributed by atoms with E-state index in [1.54, 1.807) is 43.1 Å². The Hall–Kier alpha value is -3.48. The number of anilines is 1. The fourth-order valence-electron chi connectivity index (χ4n) is 3.53. The van der Waals surface area contributed by atoms with Gasteiger partial charge in [0.2, 0.25) is 24.0 Å². The van der Waals surface area contributed by atoms with E-state index in [9.17, 15) is 9.18 Å². The van der Waals surface area contributed by atoms with Crippen molar-refractivity contribution in [3.63, 3.8) is 0 Å². The molecule has 36 heavy (non-hydrogen) atoms. The Bertz CT molecular complexity index is 1160. The number of ether oxygens (including phenoxy) is 3. The lowest BCUT2D eigenvalue weighted by molar-refractivity contribution is -0.231. The van der Waals surface area contributed by atoms with Gasteiger partial charge in [-0.05, 0) is 43.7 Å². The lowest BCUT2D eigenvalue weighted by Gasteiger charge is -2.35. The molecule has 1 aliphatic heterocycles. The minimum absolute atomic E-state index is 0.122. The van der Waals surface area contributed by atoms with Crippen molar-refractivity contribution in [3.8, 4) is 17.2 Å². The average Bonchev–Trinajstić information content (AvgIpc) is 3.34. The third kappa shape index (κ3) is 5.83. The van der Waals surface area contributed by atoms with E-state index in [4.69, 9.17) is 14.2 Å². The number of rotatable bonds is 10. The summed E-state index contributed by atoms with van der Waals surface area (Å²) in [6, 6.07) is 7.56. The lowest BCUT2D eigenvalue weighted by atomic mass is 9.91. The topological polar surface area (TPSA) is 125 Å². The third-order valence-electron chi connectivity index (χ3n) is 5.57. The average molecular weight is 500 g/mol. The first-order valence-electron chi connectivity index (χ1n) is 11.7. The molecule has 0 radical (unpaired) electrons. The van der Waals surface area contributed by atoms with Gasteiger partial charge in [0, 0.05) is 26.4 Å². The van der Waals surface area contributed by atoms with Crippen LogP contribution >= 0.6 is 0 Å². The molecule has 0 unspecified atom stereocenters. The van der Waals surface area contributed by atoms with Crippen molar-refractivity contribution in [2.24, 2.45) is 5.41 Å². The maximum atomic E-state index is 13.6. The van der Waals surface area contributed by atoms with Crippen molar-refractivity contribution < 1.29 is 23.4 Å². The number of methoxy groups -OCH3 is 1. The number of carbonyl (C=O) groups excluding carboxylic acids is 1. The highest BCUT2D eigenvalue weighted by atomic mass is 19.1. The summed E-state index contributed by atoms with van der Waals surface area (Å²) in [5.74, 6) is 0.571. The molecule has 1 aromatic carbocycles. The fourth-order valence-corrected chi connectivity index (χ4v) is 3.53. The molecule has 1 aliphatic rings. The summed E-state index contributed by atoms with van der Waals surface area (Å²) in [7, 11) is 1.61. The Labute approximate surface area is 208 Å². The SMILES string of the molecule is CCCNC(=O)C1(C)COC(c2nc(-c3ccnc(NCCOC)n3)n(-c3ccc(F)cc3)n2)OC1. The third-order valence-corrected chi connectivity index (χ3v) is 5.57. The zero-order valence-corrected chi connectivity index (χ0v) is 20.5. The van der Waals surface area contributed by atoms with Crippen LogP contribution in [0, 0.1) is 11.2 Å².